The second-order valence-electron chi connectivity index (χ2n) is 4.12. The molecule has 0 aromatic heterocycles. The van der Waals surface area contributed by atoms with Gasteiger partial charge in [-0.1, -0.05) is 35.3 Å². The Bertz CT molecular complexity index is 689. The minimum Gasteiger partial charge on any atom is -0.314 e. The zero-order valence-corrected chi connectivity index (χ0v) is 12.3. The molecule has 2 aromatic rings. The van der Waals surface area contributed by atoms with Crippen LogP contribution in [0.15, 0.2) is 48.7 Å². The zero-order valence-electron chi connectivity index (χ0n) is 10.7. The van der Waals surface area contributed by atoms with Crippen LogP contribution >= 0.6 is 23.2 Å². The minimum atomic E-state index is -0.538. The van der Waals surface area contributed by atoms with Crippen molar-refractivity contribution in [1.29, 1.82) is 0 Å². The second kappa shape index (κ2) is 7.11. The van der Waals surface area contributed by atoms with Crippen molar-refractivity contribution in [2.24, 2.45) is 0 Å². The number of carbonyl (C=O) groups excluding carboxylic acids is 1. The van der Waals surface area contributed by atoms with Gasteiger partial charge in [0.05, 0.1) is 5.02 Å². The Balaban J connectivity index is 1.91. The predicted octanol–water partition coefficient (Wildman–Crippen LogP) is 4.92. The fourth-order valence-corrected chi connectivity index (χ4v) is 1.94. The predicted molar refractivity (Wildman–Crippen MR) is 84.1 cm³/mol. The number of halogens is 3. The molecule has 6 heteroatoms. The lowest BCUT2D eigenvalue weighted by Gasteiger charge is -2.05. The van der Waals surface area contributed by atoms with Gasteiger partial charge in [-0.25, -0.2) is 9.18 Å². The molecule has 2 rings (SSSR count). The van der Waals surface area contributed by atoms with E-state index in [4.69, 9.17) is 23.2 Å². The van der Waals surface area contributed by atoms with Gasteiger partial charge in [-0.3, -0.25) is 0 Å². The summed E-state index contributed by atoms with van der Waals surface area (Å²) in [5, 5.41) is 5.61. The van der Waals surface area contributed by atoms with Crippen LogP contribution in [0.4, 0.5) is 14.9 Å². The smallest absolute Gasteiger partial charge is 0.314 e. The number of rotatable bonds is 3. The standard InChI is InChI=1S/C15H11Cl2FN2O/c16-11-3-1-2-10(8-11)6-7-19-15(21)20-12-4-5-14(18)13(17)9-12/h1-9H,(H2,19,20,21)/b7-6+. The molecule has 0 atom stereocenters. The highest BCUT2D eigenvalue weighted by Crippen LogP contribution is 2.19. The number of amides is 2. The summed E-state index contributed by atoms with van der Waals surface area (Å²) in [4.78, 5) is 11.6. The molecule has 2 aromatic carbocycles. The Labute approximate surface area is 131 Å². The summed E-state index contributed by atoms with van der Waals surface area (Å²) in [7, 11) is 0. The third-order valence-electron chi connectivity index (χ3n) is 2.52. The van der Waals surface area contributed by atoms with Crippen LogP contribution in [0.1, 0.15) is 5.56 Å². The lowest BCUT2D eigenvalue weighted by atomic mass is 10.2. The first kappa shape index (κ1) is 15.4. The zero-order chi connectivity index (χ0) is 15.2. The molecule has 0 heterocycles. The summed E-state index contributed by atoms with van der Waals surface area (Å²) < 4.78 is 13.0. The van der Waals surface area contributed by atoms with Crippen LogP contribution in [0.2, 0.25) is 10.0 Å². The summed E-state index contributed by atoms with van der Waals surface area (Å²) in [5.41, 5.74) is 1.25. The van der Waals surface area contributed by atoms with Crippen molar-refractivity contribution < 1.29 is 9.18 Å². The van der Waals surface area contributed by atoms with E-state index in [9.17, 15) is 9.18 Å². The first-order chi connectivity index (χ1) is 10.0. The molecule has 0 aliphatic carbocycles. The number of carbonyl (C=O) groups is 1. The number of nitrogens with one attached hydrogen (secondary N) is 2. The fraction of sp³-hybridized carbons (Fsp3) is 0. The first-order valence-electron chi connectivity index (χ1n) is 5.99. The third kappa shape index (κ3) is 4.77. The molecule has 0 aliphatic heterocycles. The quantitative estimate of drug-likeness (QED) is 0.826. The van der Waals surface area contributed by atoms with Gasteiger partial charge in [-0.15, -0.1) is 0 Å². The SMILES string of the molecule is O=C(N/C=C/c1cccc(Cl)c1)Nc1ccc(F)c(Cl)c1. The van der Waals surface area contributed by atoms with Gasteiger partial charge in [0.2, 0.25) is 0 Å². The summed E-state index contributed by atoms with van der Waals surface area (Å²) in [6, 6.07) is 10.6. The number of urea groups is 1. The molecular formula is C15H11Cl2FN2O. The lowest BCUT2D eigenvalue weighted by Crippen LogP contribution is -2.23. The largest absolute Gasteiger partial charge is 0.323 e. The first-order valence-corrected chi connectivity index (χ1v) is 6.75. The van der Waals surface area contributed by atoms with E-state index in [-0.39, 0.29) is 5.02 Å². The molecule has 0 bridgehead atoms. The van der Waals surface area contributed by atoms with Crippen LogP contribution in [0, 0.1) is 5.82 Å². The lowest BCUT2D eigenvalue weighted by molar-refractivity contribution is 0.255. The second-order valence-corrected chi connectivity index (χ2v) is 4.96. The van der Waals surface area contributed by atoms with Gasteiger partial charge in [0.15, 0.2) is 0 Å². The Morgan fingerprint density at radius 1 is 1.14 bits per heavy atom. The molecule has 2 amide bonds. The van der Waals surface area contributed by atoms with Crippen LogP contribution in [-0.4, -0.2) is 6.03 Å². The highest BCUT2D eigenvalue weighted by atomic mass is 35.5. The molecule has 2 N–H and O–H groups in total. The molecule has 0 saturated carbocycles. The number of hydrogen-bond donors (Lipinski definition) is 2. The molecule has 0 spiro atoms. The molecule has 0 fully saturated rings. The molecular weight excluding hydrogens is 314 g/mol. The molecule has 0 unspecified atom stereocenters. The van der Waals surface area contributed by atoms with E-state index in [0.717, 1.165) is 5.56 Å². The van der Waals surface area contributed by atoms with Crippen molar-refractivity contribution in [2.45, 2.75) is 0 Å². The van der Waals surface area contributed by atoms with Crippen molar-refractivity contribution >= 4 is 41.0 Å². The molecule has 3 nitrogen and oxygen atoms in total. The van der Waals surface area contributed by atoms with Crippen molar-refractivity contribution in [3.05, 3.63) is 70.1 Å². The maximum Gasteiger partial charge on any atom is 0.323 e. The number of anilines is 1. The van der Waals surface area contributed by atoms with Gasteiger partial charge >= 0.3 is 6.03 Å². The van der Waals surface area contributed by atoms with Gasteiger partial charge < -0.3 is 10.6 Å². The fourth-order valence-electron chi connectivity index (χ4n) is 1.56. The van der Waals surface area contributed by atoms with Gasteiger partial charge in [0.25, 0.3) is 0 Å². The highest BCUT2D eigenvalue weighted by Gasteiger charge is 2.03. The average Bonchev–Trinajstić information content (AvgIpc) is 2.43. The number of hydrogen-bond acceptors (Lipinski definition) is 1. The van der Waals surface area contributed by atoms with Crippen LogP contribution < -0.4 is 10.6 Å². The molecule has 108 valence electrons. The van der Waals surface area contributed by atoms with Crippen LogP contribution in [0.25, 0.3) is 6.08 Å². The molecule has 0 aliphatic rings. The van der Waals surface area contributed by atoms with Gasteiger partial charge in [0, 0.05) is 16.9 Å². The summed E-state index contributed by atoms with van der Waals surface area (Å²) in [5.74, 6) is -0.538. The maximum atomic E-state index is 13.0. The van der Waals surface area contributed by atoms with Crippen molar-refractivity contribution in [3.63, 3.8) is 0 Å². The Morgan fingerprint density at radius 2 is 1.95 bits per heavy atom. The van der Waals surface area contributed by atoms with Crippen LogP contribution in [-0.2, 0) is 0 Å². The van der Waals surface area contributed by atoms with Gasteiger partial charge in [0.1, 0.15) is 5.82 Å². The normalized spacial score (nSPS) is 10.6. The monoisotopic (exact) mass is 324 g/mol. The Morgan fingerprint density at radius 3 is 2.67 bits per heavy atom. The average molecular weight is 325 g/mol. The van der Waals surface area contributed by atoms with Gasteiger partial charge in [-0.2, -0.15) is 0 Å². The van der Waals surface area contributed by atoms with Crippen molar-refractivity contribution in [1.82, 2.24) is 5.32 Å². The van der Waals surface area contributed by atoms with E-state index in [0.29, 0.717) is 10.7 Å². The van der Waals surface area contributed by atoms with Gasteiger partial charge in [-0.05, 0) is 42.0 Å². The summed E-state index contributed by atoms with van der Waals surface area (Å²) in [6.45, 7) is 0. The summed E-state index contributed by atoms with van der Waals surface area (Å²) >= 11 is 11.5. The Hall–Kier alpha value is -2.04. The Kier molecular flexibility index (Phi) is 5.20. The van der Waals surface area contributed by atoms with E-state index in [2.05, 4.69) is 10.6 Å². The van der Waals surface area contributed by atoms with Crippen LogP contribution in [0.3, 0.4) is 0 Å². The topological polar surface area (TPSA) is 41.1 Å². The highest BCUT2D eigenvalue weighted by molar-refractivity contribution is 6.31. The van der Waals surface area contributed by atoms with Crippen LogP contribution in [0.5, 0.6) is 0 Å². The third-order valence-corrected chi connectivity index (χ3v) is 3.04. The number of benzene rings is 2. The van der Waals surface area contributed by atoms with Crippen molar-refractivity contribution in [3.8, 4) is 0 Å². The van der Waals surface area contributed by atoms with E-state index >= 15 is 0 Å². The molecule has 0 saturated heterocycles. The molecule has 21 heavy (non-hydrogen) atoms. The summed E-state index contributed by atoms with van der Waals surface area (Å²) in [6.07, 6.45) is 3.18. The maximum absolute atomic E-state index is 13.0. The van der Waals surface area contributed by atoms with E-state index in [1.54, 1.807) is 18.2 Å². The van der Waals surface area contributed by atoms with E-state index in [1.165, 1.54) is 24.4 Å². The van der Waals surface area contributed by atoms with E-state index in [1.807, 2.05) is 12.1 Å². The minimum absolute atomic E-state index is 0.0535. The molecule has 0 radical (unpaired) electrons. The van der Waals surface area contributed by atoms with E-state index < -0.39 is 11.8 Å². The van der Waals surface area contributed by atoms with Crippen molar-refractivity contribution in [2.75, 3.05) is 5.32 Å².